The highest BCUT2D eigenvalue weighted by Crippen LogP contribution is 2.15. The number of hydrogen-bond acceptors (Lipinski definition) is 2. The third kappa shape index (κ3) is 7.27. The summed E-state index contributed by atoms with van der Waals surface area (Å²) in [7, 11) is 0. The number of nitrogens with zero attached hydrogens (tertiary/aromatic N) is 1. The molecule has 124 valence electrons. The molecule has 0 saturated heterocycles. The molecule has 0 unspecified atom stereocenters. The van der Waals surface area contributed by atoms with E-state index in [9.17, 15) is 8.78 Å². The number of anilines is 1. The zero-order valence-corrected chi connectivity index (χ0v) is 14.6. The van der Waals surface area contributed by atoms with Gasteiger partial charge >= 0.3 is 0 Å². The molecule has 0 aliphatic carbocycles. The first-order valence-corrected chi connectivity index (χ1v) is 6.75. The number of para-hydroxylation sites is 1. The van der Waals surface area contributed by atoms with Crippen LogP contribution in [-0.2, 0) is 6.54 Å². The minimum Gasteiger partial charge on any atom is -0.488 e. The van der Waals surface area contributed by atoms with Gasteiger partial charge < -0.3 is 15.8 Å². The predicted octanol–water partition coefficient (Wildman–Crippen LogP) is 3.88. The Morgan fingerprint density at radius 3 is 2.57 bits per heavy atom. The van der Waals surface area contributed by atoms with E-state index in [0.29, 0.717) is 12.3 Å². The lowest BCUT2D eigenvalue weighted by atomic mass is 10.2. The van der Waals surface area contributed by atoms with Crippen molar-refractivity contribution in [2.24, 2.45) is 10.7 Å². The van der Waals surface area contributed by atoms with Gasteiger partial charge in [-0.25, -0.2) is 13.8 Å². The summed E-state index contributed by atoms with van der Waals surface area (Å²) >= 11 is 0. The molecule has 23 heavy (non-hydrogen) atoms. The Morgan fingerprint density at radius 1 is 1.13 bits per heavy atom. The Morgan fingerprint density at radius 2 is 1.87 bits per heavy atom. The van der Waals surface area contributed by atoms with E-state index >= 15 is 0 Å². The van der Waals surface area contributed by atoms with Crippen LogP contribution in [0.15, 0.2) is 59.6 Å². The van der Waals surface area contributed by atoms with E-state index in [1.165, 1.54) is 0 Å². The van der Waals surface area contributed by atoms with Gasteiger partial charge in [0.1, 0.15) is 12.4 Å². The quantitative estimate of drug-likeness (QED) is 0.413. The lowest BCUT2D eigenvalue weighted by Gasteiger charge is -2.07. The number of nitrogens with one attached hydrogen (secondary N) is 1. The number of halogens is 3. The molecule has 2 rings (SSSR count). The molecule has 0 bridgehead atoms. The monoisotopic (exact) mass is 433 g/mol. The number of rotatable bonds is 6. The smallest absolute Gasteiger partial charge is 0.272 e. The van der Waals surface area contributed by atoms with Crippen LogP contribution < -0.4 is 15.8 Å². The Hall–Kier alpha value is -1.90. The van der Waals surface area contributed by atoms with Crippen molar-refractivity contribution in [3.8, 4) is 5.75 Å². The van der Waals surface area contributed by atoms with Gasteiger partial charge in [0, 0.05) is 5.69 Å². The second-order valence-electron chi connectivity index (χ2n) is 4.54. The Bertz CT molecular complexity index is 624. The lowest BCUT2D eigenvalue weighted by molar-refractivity contribution is 0.0818. The molecular formula is C16H18F2IN3O. The molecular weight excluding hydrogens is 415 g/mol. The number of hydrogen-bond donors (Lipinski definition) is 2. The van der Waals surface area contributed by atoms with E-state index in [0.717, 1.165) is 11.3 Å². The van der Waals surface area contributed by atoms with E-state index in [-0.39, 0.29) is 29.9 Å². The summed E-state index contributed by atoms with van der Waals surface area (Å²) in [6.07, 6.45) is -2.49. The van der Waals surface area contributed by atoms with E-state index in [1.54, 1.807) is 18.2 Å². The first-order valence-electron chi connectivity index (χ1n) is 6.75. The minimum absolute atomic E-state index is 0. The molecule has 7 heteroatoms. The third-order valence-electron chi connectivity index (χ3n) is 2.75. The highest BCUT2D eigenvalue weighted by Gasteiger charge is 2.04. The number of aliphatic imine (C=N–C) groups is 1. The van der Waals surface area contributed by atoms with Crippen molar-refractivity contribution >= 4 is 35.6 Å². The zero-order valence-electron chi connectivity index (χ0n) is 12.3. The molecule has 0 spiro atoms. The Labute approximate surface area is 150 Å². The Kier molecular flexibility index (Phi) is 8.31. The average Bonchev–Trinajstić information content (AvgIpc) is 2.52. The van der Waals surface area contributed by atoms with Gasteiger partial charge in [-0.3, -0.25) is 0 Å². The average molecular weight is 433 g/mol. The van der Waals surface area contributed by atoms with Crippen LogP contribution in [-0.4, -0.2) is 19.0 Å². The zero-order chi connectivity index (χ0) is 15.8. The maximum absolute atomic E-state index is 12.1. The van der Waals surface area contributed by atoms with Crippen LogP contribution in [0, 0.1) is 0 Å². The predicted molar refractivity (Wildman–Crippen MR) is 98.7 cm³/mol. The highest BCUT2D eigenvalue weighted by molar-refractivity contribution is 14.0. The van der Waals surface area contributed by atoms with Crippen LogP contribution in [0.4, 0.5) is 14.5 Å². The topological polar surface area (TPSA) is 59.6 Å². The van der Waals surface area contributed by atoms with E-state index in [1.807, 2.05) is 36.4 Å². The Balaban J connectivity index is 0.00000264. The van der Waals surface area contributed by atoms with E-state index in [4.69, 9.17) is 10.5 Å². The first kappa shape index (κ1) is 19.1. The van der Waals surface area contributed by atoms with Crippen LogP contribution in [0.5, 0.6) is 5.75 Å². The van der Waals surface area contributed by atoms with E-state index in [2.05, 4.69) is 10.3 Å². The van der Waals surface area contributed by atoms with Crippen molar-refractivity contribution < 1.29 is 13.5 Å². The van der Waals surface area contributed by atoms with Crippen LogP contribution in [0.1, 0.15) is 5.56 Å². The second-order valence-corrected chi connectivity index (χ2v) is 4.54. The summed E-state index contributed by atoms with van der Waals surface area (Å²) < 4.78 is 29.2. The van der Waals surface area contributed by atoms with Gasteiger partial charge in [0.25, 0.3) is 6.43 Å². The van der Waals surface area contributed by atoms with E-state index < -0.39 is 13.0 Å². The molecule has 2 aromatic carbocycles. The van der Waals surface area contributed by atoms with Crippen molar-refractivity contribution in [3.63, 3.8) is 0 Å². The summed E-state index contributed by atoms with van der Waals surface area (Å²) in [6, 6.07) is 16.3. The highest BCUT2D eigenvalue weighted by atomic mass is 127. The largest absolute Gasteiger partial charge is 0.488 e. The van der Waals surface area contributed by atoms with Gasteiger partial charge in [-0.05, 0) is 29.8 Å². The van der Waals surface area contributed by atoms with Crippen molar-refractivity contribution in [2.75, 3.05) is 11.9 Å². The fraction of sp³-hybridized carbons (Fsp3) is 0.188. The number of benzene rings is 2. The first-order chi connectivity index (χ1) is 10.6. The fourth-order valence-electron chi connectivity index (χ4n) is 1.78. The summed E-state index contributed by atoms with van der Waals surface area (Å²) in [5, 5.41) is 2.96. The normalized spacial score (nSPS) is 11.0. The summed E-state index contributed by atoms with van der Waals surface area (Å²) in [5.41, 5.74) is 7.47. The second kappa shape index (κ2) is 9.98. The van der Waals surface area contributed by atoms with Crippen LogP contribution in [0.3, 0.4) is 0 Å². The lowest BCUT2D eigenvalue weighted by Crippen LogP contribution is -2.22. The molecule has 0 fully saturated rings. The molecule has 0 heterocycles. The standard InChI is InChI=1S/C16H17F2N3O.HI/c17-15(18)11-22-14-8-4-5-12(9-14)10-20-16(19)21-13-6-2-1-3-7-13;/h1-9,15H,10-11H2,(H3,19,20,21);1H. The minimum atomic E-state index is -2.49. The fourth-order valence-corrected chi connectivity index (χ4v) is 1.78. The van der Waals surface area contributed by atoms with Crippen LogP contribution in [0.2, 0.25) is 0 Å². The molecule has 0 amide bonds. The summed E-state index contributed by atoms with van der Waals surface area (Å²) in [5.74, 6) is 0.674. The van der Waals surface area contributed by atoms with Gasteiger partial charge in [-0.2, -0.15) is 0 Å². The van der Waals surface area contributed by atoms with Crippen molar-refractivity contribution in [1.29, 1.82) is 0 Å². The third-order valence-corrected chi connectivity index (χ3v) is 2.75. The van der Waals surface area contributed by atoms with Crippen LogP contribution >= 0.6 is 24.0 Å². The molecule has 0 aromatic heterocycles. The molecule has 0 atom stereocenters. The molecule has 4 nitrogen and oxygen atoms in total. The maximum atomic E-state index is 12.1. The van der Waals surface area contributed by atoms with Gasteiger partial charge in [0.05, 0.1) is 6.54 Å². The SMILES string of the molecule is I.NC(=NCc1cccc(OCC(F)F)c1)Nc1ccccc1. The van der Waals surface area contributed by atoms with Gasteiger partial charge in [-0.15, -0.1) is 24.0 Å². The molecule has 0 aliphatic rings. The molecule has 0 aliphatic heterocycles. The number of nitrogens with two attached hydrogens (primary N) is 1. The molecule has 0 saturated carbocycles. The van der Waals surface area contributed by atoms with Crippen molar-refractivity contribution in [2.45, 2.75) is 13.0 Å². The van der Waals surface area contributed by atoms with Crippen LogP contribution in [0.25, 0.3) is 0 Å². The molecule has 3 N–H and O–H groups in total. The van der Waals surface area contributed by atoms with Gasteiger partial charge in [0.15, 0.2) is 5.96 Å². The van der Waals surface area contributed by atoms with Crippen molar-refractivity contribution in [1.82, 2.24) is 0 Å². The molecule has 2 aromatic rings. The molecule has 0 radical (unpaired) electrons. The number of alkyl halides is 2. The number of guanidine groups is 1. The summed E-state index contributed by atoms with van der Waals surface area (Å²) in [6.45, 7) is -0.290. The summed E-state index contributed by atoms with van der Waals surface area (Å²) in [4.78, 5) is 4.21. The van der Waals surface area contributed by atoms with Gasteiger partial charge in [0.2, 0.25) is 0 Å². The number of ether oxygens (including phenoxy) is 1. The maximum Gasteiger partial charge on any atom is 0.272 e. The van der Waals surface area contributed by atoms with Gasteiger partial charge in [-0.1, -0.05) is 30.3 Å². The van der Waals surface area contributed by atoms with Crippen molar-refractivity contribution in [3.05, 3.63) is 60.2 Å².